The Kier molecular flexibility index (Phi) is 8.24. The largest absolute Gasteiger partial charge is 0.454 e. The maximum Gasteiger partial charge on any atom is 0.318 e. The van der Waals surface area contributed by atoms with Gasteiger partial charge in [-0.2, -0.15) is 0 Å². The zero-order chi connectivity index (χ0) is 24.0. The Hall–Kier alpha value is -2.74. The first-order valence-corrected chi connectivity index (χ1v) is 12.3. The predicted octanol–water partition coefficient (Wildman–Crippen LogP) is 4.92. The first kappa shape index (κ1) is 24.9. The van der Waals surface area contributed by atoms with E-state index in [4.69, 9.17) is 9.47 Å². The lowest BCUT2D eigenvalue weighted by Gasteiger charge is -2.30. The van der Waals surface area contributed by atoms with Crippen LogP contribution >= 0.6 is 11.3 Å². The van der Waals surface area contributed by atoms with Crippen LogP contribution < -0.4 is 14.8 Å². The lowest BCUT2D eigenvalue weighted by Crippen LogP contribution is -2.51. The van der Waals surface area contributed by atoms with E-state index in [2.05, 4.69) is 25.2 Å². The number of rotatable bonds is 9. The van der Waals surface area contributed by atoms with Crippen molar-refractivity contribution in [3.63, 3.8) is 0 Å². The molecule has 7 nitrogen and oxygen atoms in total. The monoisotopic (exact) mass is 473 g/mol. The van der Waals surface area contributed by atoms with Crippen LogP contribution in [0.25, 0.3) is 0 Å². The van der Waals surface area contributed by atoms with Gasteiger partial charge in [0, 0.05) is 23.5 Å². The smallest absolute Gasteiger partial charge is 0.318 e. The summed E-state index contributed by atoms with van der Waals surface area (Å²) in [5.41, 5.74) is 1.75. The van der Waals surface area contributed by atoms with E-state index in [0.29, 0.717) is 25.4 Å². The number of urea groups is 1. The Morgan fingerprint density at radius 1 is 1.09 bits per heavy atom. The van der Waals surface area contributed by atoms with E-state index >= 15 is 0 Å². The molecule has 1 aromatic carbocycles. The lowest BCUT2D eigenvalue weighted by atomic mass is 10.1. The summed E-state index contributed by atoms with van der Waals surface area (Å²) in [7, 11) is 0. The van der Waals surface area contributed by atoms with Gasteiger partial charge < -0.3 is 24.6 Å². The minimum atomic E-state index is -0.370. The summed E-state index contributed by atoms with van der Waals surface area (Å²) in [4.78, 5) is 31.0. The van der Waals surface area contributed by atoms with Crippen molar-refractivity contribution >= 4 is 23.3 Å². The molecule has 33 heavy (non-hydrogen) atoms. The van der Waals surface area contributed by atoms with Crippen LogP contribution in [0.3, 0.4) is 0 Å². The molecule has 3 amide bonds. The molecule has 2 heterocycles. The maximum absolute atomic E-state index is 13.5. The Balaban J connectivity index is 1.79. The number of unbranched alkanes of at least 4 members (excludes halogenated alkanes) is 1. The number of amides is 3. The number of hydrogen-bond donors (Lipinski definition) is 1. The van der Waals surface area contributed by atoms with E-state index in [-0.39, 0.29) is 30.8 Å². The van der Waals surface area contributed by atoms with Gasteiger partial charge in [-0.1, -0.05) is 19.4 Å². The van der Waals surface area contributed by atoms with Crippen LogP contribution in [-0.4, -0.2) is 47.2 Å². The van der Waals surface area contributed by atoms with Crippen LogP contribution in [-0.2, 0) is 17.9 Å². The number of carbonyl (C=O) groups is 2. The summed E-state index contributed by atoms with van der Waals surface area (Å²) in [6.07, 6.45) is 1.79. The van der Waals surface area contributed by atoms with Gasteiger partial charge >= 0.3 is 6.03 Å². The van der Waals surface area contributed by atoms with Gasteiger partial charge in [0.05, 0.1) is 6.54 Å². The number of ether oxygens (including phenoxy) is 2. The Morgan fingerprint density at radius 3 is 2.52 bits per heavy atom. The molecule has 0 saturated heterocycles. The summed E-state index contributed by atoms with van der Waals surface area (Å²) in [5, 5.41) is 5.03. The standard InChI is InChI=1S/C25H35N3O4S/c1-6-7-11-27(24(30)26-25(3,4)5)16-23(29)28(15-22-18(2)10-12-33-22)14-19-8-9-20-21(13-19)32-17-31-20/h8-10,12-13H,6-7,11,14-17H2,1-5H3,(H,26,30). The number of benzene rings is 1. The average molecular weight is 474 g/mol. The molecule has 1 aliphatic heterocycles. The van der Waals surface area contributed by atoms with E-state index in [1.165, 1.54) is 0 Å². The second kappa shape index (κ2) is 10.9. The summed E-state index contributed by atoms with van der Waals surface area (Å²) < 4.78 is 10.9. The van der Waals surface area contributed by atoms with Gasteiger partial charge in [0.1, 0.15) is 6.54 Å². The van der Waals surface area contributed by atoms with Crippen molar-refractivity contribution in [3.8, 4) is 11.5 Å². The van der Waals surface area contributed by atoms with E-state index < -0.39 is 0 Å². The van der Waals surface area contributed by atoms with Gasteiger partial charge in [-0.3, -0.25) is 4.79 Å². The van der Waals surface area contributed by atoms with Gasteiger partial charge in [-0.05, 0) is 68.8 Å². The highest BCUT2D eigenvalue weighted by molar-refractivity contribution is 7.10. The minimum Gasteiger partial charge on any atom is -0.454 e. The molecule has 0 fully saturated rings. The number of hydrogen-bond acceptors (Lipinski definition) is 5. The van der Waals surface area contributed by atoms with Gasteiger partial charge in [0.25, 0.3) is 0 Å². The quantitative estimate of drug-likeness (QED) is 0.561. The fourth-order valence-electron chi connectivity index (χ4n) is 3.50. The molecule has 2 aromatic rings. The molecule has 8 heteroatoms. The normalized spacial score (nSPS) is 12.5. The van der Waals surface area contributed by atoms with Crippen molar-refractivity contribution in [3.05, 3.63) is 45.6 Å². The minimum absolute atomic E-state index is 0.0386. The Bertz CT molecular complexity index is 967. The fraction of sp³-hybridized carbons (Fsp3) is 0.520. The van der Waals surface area contributed by atoms with Crippen molar-refractivity contribution in [2.75, 3.05) is 19.9 Å². The molecule has 1 N–H and O–H groups in total. The molecule has 0 bridgehead atoms. The van der Waals surface area contributed by atoms with E-state index in [9.17, 15) is 9.59 Å². The number of nitrogens with zero attached hydrogens (tertiary/aromatic N) is 2. The summed E-state index contributed by atoms with van der Waals surface area (Å²) >= 11 is 1.64. The van der Waals surface area contributed by atoms with Gasteiger partial charge in [-0.15, -0.1) is 11.3 Å². The maximum atomic E-state index is 13.5. The van der Waals surface area contributed by atoms with E-state index in [1.807, 2.05) is 49.3 Å². The SMILES string of the molecule is CCCCN(CC(=O)N(Cc1ccc2c(c1)OCO2)Cc1sccc1C)C(=O)NC(C)(C)C. The second-order valence-electron chi connectivity index (χ2n) is 9.42. The van der Waals surface area contributed by atoms with Crippen molar-refractivity contribution in [2.45, 2.75) is 66.1 Å². The van der Waals surface area contributed by atoms with Crippen LogP contribution in [0.2, 0.25) is 0 Å². The second-order valence-corrected chi connectivity index (χ2v) is 10.4. The average Bonchev–Trinajstić information content (AvgIpc) is 3.37. The Morgan fingerprint density at radius 2 is 1.85 bits per heavy atom. The predicted molar refractivity (Wildman–Crippen MR) is 131 cm³/mol. The van der Waals surface area contributed by atoms with Crippen LogP contribution in [0.15, 0.2) is 29.6 Å². The molecule has 0 atom stereocenters. The molecule has 0 unspecified atom stereocenters. The van der Waals surface area contributed by atoms with Crippen molar-refractivity contribution in [1.29, 1.82) is 0 Å². The molecule has 0 radical (unpaired) electrons. The van der Waals surface area contributed by atoms with Crippen LogP contribution in [0.5, 0.6) is 11.5 Å². The van der Waals surface area contributed by atoms with Gasteiger partial charge in [0.2, 0.25) is 12.7 Å². The highest BCUT2D eigenvalue weighted by Gasteiger charge is 2.25. The summed E-state index contributed by atoms with van der Waals surface area (Å²) in [5.74, 6) is 1.33. The van der Waals surface area contributed by atoms with E-state index in [1.54, 1.807) is 16.2 Å². The molecule has 3 rings (SSSR count). The molecule has 0 spiro atoms. The molecule has 180 valence electrons. The van der Waals surface area contributed by atoms with E-state index in [0.717, 1.165) is 34.6 Å². The first-order valence-electron chi connectivity index (χ1n) is 11.4. The van der Waals surface area contributed by atoms with Gasteiger partial charge in [0.15, 0.2) is 11.5 Å². The van der Waals surface area contributed by atoms with Crippen LogP contribution in [0, 0.1) is 6.92 Å². The number of thiophene rings is 1. The molecule has 0 saturated carbocycles. The highest BCUT2D eigenvalue weighted by Crippen LogP contribution is 2.33. The van der Waals surface area contributed by atoms with Crippen LogP contribution in [0.1, 0.15) is 56.5 Å². The zero-order valence-electron chi connectivity index (χ0n) is 20.3. The Labute approximate surface area is 200 Å². The van der Waals surface area contributed by atoms with Crippen molar-refractivity contribution < 1.29 is 19.1 Å². The third-order valence-corrected chi connectivity index (χ3v) is 6.35. The molecule has 0 aliphatic carbocycles. The van der Waals surface area contributed by atoms with Crippen molar-refractivity contribution in [2.24, 2.45) is 0 Å². The highest BCUT2D eigenvalue weighted by atomic mass is 32.1. The number of aryl methyl sites for hydroxylation is 1. The molecular formula is C25H35N3O4S. The number of fused-ring (bicyclic) bond motifs is 1. The molecule has 1 aromatic heterocycles. The third kappa shape index (κ3) is 7.12. The zero-order valence-corrected chi connectivity index (χ0v) is 21.1. The number of carbonyl (C=O) groups excluding carboxylic acids is 2. The topological polar surface area (TPSA) is 71.1 Å². The fourth-order valence-corrected chi connectivity index (χ4v) is 4.42. The summed E-state index contributed by atoms with van der Waals surface area (Å²) in [6.45, 7) is 11.7. The summed E-state index contributed by atoms with van der Waals surface area (Å²) in [6, 6.07) is 7.61. The lowest BCUT2D eigenvalue weighted by molar-refractivity contribution is -0.133. The first-order chi connectivity index (χ1) is 15.7. The van der Waals surface area contributed by atoms with Crippen LogP contribution in [0.4, 0.5) is 4.79 Å². The van der Waals surface area contributed by atoms with Crippen molar-refractivity contribution in [1.82, 2.24) is 15.1 Å². The number of nitrogens with one attached hydrogen (secondary N) is 1. The van der Waals surface area contributed by atoms with Gasteiger partial charge in [-0.25, -0.2) is 4.79 Å². The molecule has 1 aliphatic rings. The third-order valence-electron chi connectivity index (χ3n) is 5.34. The molecular weight excluding hydrogens is 438 g/mol.